The minimum Gasteiger partial charge on any atom is -0.338 e. The number of hydrogen-bond acceptors (Lipinski definition) is 4. The van der Waals surface area contributed by atoms with E-state index in [1.807, 2.05) is 28.5 Å². The SMILES string of the molecule is O=C([C@@H]1CCCN1C(=O)c1cccs1)N1CCN(CCc2ccccc2)CC1. The molecule has 0 unspecified atom stereocenters. The van der Waals surface area contributed by atoms with Gasteiger partial charge in [-0.05, 0) is 36.3 Å². The van der Waals surface area contributed by atoms with Crippen LogP contribution in [0.15, 0.2) is 47.8 Å². The zero-order valence-electron chi connectivity index (χ0n) is 16.1. The third-order valence-electron chi connectivity index (χ3n) is 5.77. The van der Waals surface area contributed by atoms with E-state index >= 15 is 0 Å². The van der Waals surface area contributed by atoms with Crippen molar-refractivity contribution in [2.45, 2.75) is 25.3 Å². The first-order chi connectivity index (χ1) is 13.7. The fraction of sp³-hybridized carbons (Fsp3) is 0.455. The molecule has 2 aliphatic heterocycles. The predicted octanol–water partition coefficient (Wildman–Crippen LogP) is 2.74. The molecule has 28 heavy (non-hydrogen) atoms. The summed E-state index contributed by atoms with van der Waals surface area (Å²) in [6.45, 7) is 5.04. The molecule has 0 aliphatic carbocycles. The number of amides is 2. The van der Waals surface area contributed by atoms with Gasteiger partial charge in [0.05, 0.1) is 4.88 Å². The van der Waals surface area contributed by atoms with E-state index in [1.165, 1.54) is 16.9 Å². The number of carbonyl (C=O) groups excluding carboxylic acids is 2. The van der Waals surface area contributed by atoms with Crippen molar-refractivity contribution in [3.63, 3.8) is 0 Å². The van der Waals surface area contributed by atoms with Gasteiger partial charge < -0.3 is 9.80 Å². The van der Waals surface area contributed by atoms with E-state index in [-0.39, 0.29) is 17.9 Å². The smallest absolute Gasteiger partial charge is 0.264 e. The molecule has 4 rings (SSSR count). The summed E-state index contributed by atoms with van der Waals surface area (Å²) < 4.78 is 0. The van der Waals surface area contributed by atoms with Crippen LogP contribution < -0.4 is 0 Å². The van der Waals surface area contributed by atoms with Crippen LogP contribution in [0, 0.1) is 0 Å². The van der Waals surface area contributed by atoms with Gasteiger partial charge in [-0.2, -0.15) is 0 Å². The third-order valence-corrected chi connectivity index (χ3v) is 6.63. The Morgan fingerprint density at radius 3 is 2.46 bits per heavy atom. The number of thiophene rings is 1. The van der Waals surface area contributed by atoms with Crippen LogP contribution in [0.1, 0.15) is 28.1 Å². The fourth-order valence-electron chi connectivity index (χ4n) is 4.14. The predicted molar refractivity (Wildman–Crippen MR) is 112 cm³/mol. The van der Waals surface area contributed by atoms with Gasteiger partial charge in [0, 0.05) is 39.3 Å². The molecule has 1 atom stereocenters. The molecule has 2 fully saturated rings. The highest BCUT2D eigenvalue weighted by molar-refractivity contribution is 7.12. The topological polar surface area (TPSA) is 43.9 Å². The van der Waals surface area contributed by atoms with Crippen LogP contribution in [-0.2, 0) is 11.2 Å². The number of nitrogens with zero attached hydrogens (tertiary/aromatic N) is 3. The van der Waals surface area contributed by atoms with Crippen LogP contribution in [-0.4, -0.2) is 71.8 Å². The molecule has 148 valence electrons. The molecule has 5 nitrogen and oxygen atoms in total. The second-order valence-electron chi connectivity index (χ2n) is 7.54. The summed E-state index contributed by atoms with van der Waals surface area (Å²) in [5, 5.41) is 1.91. The van der Waals surface area contributed by atoms with E-state index in [2.05, 4.69) is 29.2 Å². The number of hydrogen-bond donors (Lipinski definition) is 0. The van der Waals surface area contributed by atoms with E-state index in [9.17, 15) is 9.59 Å². The maximum Gasteiger partial charge on any atom is 0.264 e. The van der Waals surface area contributed by atoms with Crippen molar-refractivity contribution in [3.8, 4) is 0 Å². The summed E-state index contributed by atoms with van der Waals surface area (Å²) in [7, 11) is 0. The molecule has 2 aromatic rings. The van der Waals surface area contributed by atoms with Gasteiger partial charge in [-0.3, -0.25) is 14.5 Å². The lowest BCUT2D eigenvalue weighted by Gasteiger charge is -2.37. The summed E-state index contributed by atoms with van der Waals surface area (Å²) in [5.74, 6) is 0.137. The highest BCUT2D eigenvalue weighted by Gasteiger charge is 2.37. The maximum absolute atomic E-state index is 13.1. The van der Waals surface area contributed by atoms with E-state index in [1.54, 1.807) is 4.90 Å². The summed E-state index contributed by atoms with van der Waals surface area (Å²) in [6, 6.07) is 14.0. The minimum absolute atomic E-state index is 0.00680. The van der Waals surface area contributed by atoms with Crippen molar-refractivity contribution in [3.05, 3.63) is 58.3 Å². The number of likely N-dealkylation sites (tertiary alicyclic amines) is 1. The Kier molecular flexibility index (Phi) is 6.07. The average Bonchev–Trinajstić information content (AvgIpc) is 3.44. The second kappa shape index (κ2) is 8.88. The van der Waals surface area contributed by atoms with Gasteiger partial charge in [0.25, 0.3) is 5.91 Å². The molecule has 0 N–H and O–H groups in total. The van der Waals surface area contributed by atoms with Gasteiger partial charge in [-0.25, -0.2) is 0 Å². The quantitative estimate of drug-likeness (QED) is 0.779. The molecule has 6 heteroatoms. The molecular weight excluding hydrogens is 370 g/mol. The third kappa shape index (κ3) is 4.28. The van der Waals surface area contributed by atoms with Crippen molar-refractivity contribution in [2.75, 3.05) is 39.3 Å². The molecule has 1 aromatic carbocycles. The van der Waals surface area contributed by atoms with Crippen LogP contribution in [0.5, 0.6) is 0 Å². The number of piperazine rings is 1. The zero-order chi connectivity index (χ0) is 19.3. The van der Waals surface area contributed by atoms with Crippen LogP contribution >= 0.6 is 11.3 Å². The number of carbonyl (C=O) groups is 2. The molecule has 2 amide bonds. The van der Waals surface area contributed by atoms with E-state index < -0.39 is 0 Å². The molecule has 0 saturated carbocycles. The van der Waals surface area contributed by atoms with Crippen molar-refractivity contribution in [1.82, 2.24) is 14.7 Å². The van der Waals surface area contributed by atoms with E-state index in [4.69, 9.17) is 0 Å². The first-order valence-electron chi connectivity index (χ1n) is 10.1. The Balaban J connectivity index is 1.29. The lowest BCUT2D eigenvalue weighted by Crippen LogP contribution is -2.54. The first kappa shape index (κ1) is 19.2. The molecule has 2 saturated heterocycles. The van der Waals surface area contributed by atoms with E-state index in [0.29, 0.717) is 6.54 Å². The minimum atomic E-state index is -0.287. The van der Waals surface area contributed by atoms with Gasteiger partial charge in [0.1, 0.15) is 6.04 Å². The molecule has 0 spiro atoms. The Hall–Kier alpha value is -2.18. The Labute approximate surface area is 170 Å². The Morgan fingerprint density at radius 2 is 1.75 bits per heavy atom. The summed E-state index contributed by atoms with van der Waals surface area (Å²) in [6.07, 6.45) is 2.73. The fourth-order valence-corrected chi connectivity index (χ4v) is 4.82. The molecule has 0 radical (unpaired) electrons. The monoisotopic (exact) mass is 397 g/mol. The zero-order valence-corrected chi connectivity index (χ0v) is 16.9. The molecule has 2 aliphatic rings. The summed E-state index contributed by atoms with van der Waals surface area (Å²) in [5.41, 5.74) is 1.36. The normalized spacial score (nSPS) is 20.5. The van der Waals surface area contributed by atoms with Crippen LogP contribution in [0.2, 0.25) is 0 Å². The highest BCUT2D eigenvalue weighted by atomic mass is 32.1. The lowest BCUT2D eigenvalue weighted by molar-refractivity contribution is -0.137. The van der Waals surface area contributed by atoms with E-state index in [0.717, 1.165) is 56.9 Å². The van der Waals surface area contributed by atoms with Crippen LogP contribution in [0.25, 0.3) is 0 Å². The van der Waals surface area contributed by atoms with Crippen LogP contribution in [0.3, 0.4) is 0 Å². The molecule has 1 aromatic heterocycles. The largest absolute Gasteiger partial charge is 0.338 e. The number of rotatable bonds is 5. The summed E-state index contributed by atoms with van der Waals surface area (Å²) in [4.78, 5) is 32.7. The van der Waals surface area contributed by atoms with Gasteiger partial charge in [-0.1, -0.05) is 36.4 Å². The van der Waals surface area contributed by atoms with Crippen LogP contribution in [0.4, 0.5) is 0 Å². The van der Waals surface area contributed by atoms with Gasteiger partial charge in [0.2, 0.25) is 5.91 Å². The van der Waals surface area contributed by atoms with Crippen molar-refractivity contribution in [2.24, 2.45) is 0 Å². The standard InChI is InChI=1S/C22H27N3O2S/c26-21(19-8-4-11-25(19)22(27)20-9-5-17-28-20)24-15-13-23(14-16-24)12-10-18-6-2-1-3-7-18/h1-3,5-7,9,17,19H,4,8,10-16H2/t19-/m0/s1. The Bertz CT molecular complexity index is 785. The lowest BCUT2D eigenvalue weighted by atomic mass is 10.1. The second-order valence-corrected chi connectivity index (χ2v) is 8.48. The summed E-state index contributed by atoms with van der Waals surface area (Å²) >= 11 is 1.45. The van der Waals surface area contributed by atoms with Crippen molar-refractivity contribution < 1.29 is 9.59 Å². The van der Waals surface area contributed by atoms with Crippen molar-refractivity contribution in [1.29, 1.82) is 0 Å². The molecule has 3 heterocycles. The number of benzene rings is 1. The molecular formula is C22H27N3O2S. The van der Waals surface area contributed by atoms with Gasteiger partial charge >= 0.3 is 0 Å². The van der Waals surface area contributed by atoms with Gasteiger partial charge in [-0.15, -0.1) is 11.3 Å². The van der Waals surface area contributed by atoms with Gasteiger partial charge in [0.15, 0.2) is 0 Å². The molecule has 0 bridgehead atoms. The van der Waals surface area contributed by atoms with Crippen molar-refractivity contribution >= 4 is 23.2 Å². The highest BCUT2D eigenvalue weighted by Crippen LogP contribution is 2.24. The average molecular weight is 398 g/mol. The first-order valence-corrected chi connectivity index (χ1v) is 11.0. The maximum atomic E-state index is 13.1. The Morgan fingerprint density at radius 1 is 0.964 bits per heavy atom.